The molecule has 0 amide bonds. The summed E-state index contributed by atoms with van der Waals surface area (Å²) >= 11 is 0. The van der Waals surface area contributed by atoms with Crippen LogP contribution in [0.25, 0.3) is 60.5 Å². The van der Waals surface area contributed by atoms with Gasteiger partial charge in [0.25, 0.3) is 0 Å². The van der Waals surface area contributed by atoms with Gasteiger partial charge >= 0.3 is 0 Å². The van der Waals surface area contributed by atoms with Crippen molar-refractivity contribution in [1.82, 2.24) is 4.57 Å². The van der Waals surface area contributed by atoms with E-state index >= 15 is 0 Å². The van der Waals surface area contributed by atoms with E-state index in [1.165, 1.54) is 126 Å². The van der Waals surface area contributed by atoms with Crippen molar-refractivity contribution < 1.29 is 0 Å². The Morgan fingerprint density at radius 2 is 1.10 bits per heavy atom. The molecule has 2 bridgehead atoms. The molecule has 0 aliphatic heterocycles. The molecule has 0 radical (unpaired) electrons. The standard InChI is InChI=1S/C70H56N2/c1-46-39-47-40-50-45-69(44-46,63(50)41-47)53-22-16-23-55(42-53)71(56-36-37-60-59-26-10-13-28-62(59)70(64(60)43-56,51-18-4-2-5-19-51)52-20-6-3-7-21-52)54-34-31-49(32-35-54)57-24-11-14-29-65(57)72-66-30-15-12-27-61(66)68-58-25-9-8-17-48(58)33-38-67(68)72/h2-38,42-43,46-47,50,63H,39-41,44-45H2,1H3/t46-,47?,50-,63-,69?/m0/s1. The molecule has 5 atom stereocenters. The van der Waals surface area contributed by atoms with E-state index in [4.69, 9.17) is 0 Å². The Balaban J connectivity index is 0.914. The molecule has 1 aromatic heterocycles. The Bertz CT molecular complexity index is 3860. The Morgan fingerprint density at radius 3 is 1.92 bits per heavy atom. The molecular formula is C70H56N2. The molecule has 3 saturated carbocycles. The van der Waals surface area contributed by atoms with E-state index in [0.717, 1.165) is 29.4 Å². The van der Waals surface area contributed by atoms with Gasteiger partial charge in [-0.25, -0.2) is 0 Å². The molecule has 1 heterocycles. The summed E-state index contributed by atoms with van der Waals surface area (Å²) in [7, 11) is 0. The number of hydrogen-bond donors (Lipinski definition) is 0. The fourth-order valence-corrected chi connectivity index (χ4v) is 15.4. The average Bonchev–Trinajstić information content (AvgIpc) is 4.03. The van der Waals surface area contributed by atoms with Crippen LogP contribution in [0.3, 0.4) is 0 Å². The zero-order chi connectivity index (χ0) is 47.5. The highest BCUT2D eigenvalue weighted by molar-refractivity contribution is 6.21. The largest absolute Gasteiger partial charge is 0.310 e. The van der Waals surface area contributed by atoms with Crippen molar-refractivity contribution in [3.05, 3.63) is 264 Å². The van der Waals surface area contributed by atoms with Gasteiger partial charge in [-0.1, -0.05) is 189 Å². The number of benzene rings is 10. The van der Waals surface area contributed by atoms with E-state index in [9.17, 15) is 0 Å². The topological polar surface area (TPSA) is 8.17 Å². The van der Waals surface area contributed by atoms with Gasteiger partial charge in [-0.05, 0) is 171 Å². The Kier molecular flexibility index (Phi) is 9.31. The summed E-state index contributed by atoms with van der Waals surface area (Å²) in [5.74, 6) is 3.35. The van der Waals surface area contributed by atoms with E-state index in [1.54, 1.807) is 5.56 Å². The molecule has 0 N–H and O–H groups in total. The van der Waals surface area contributed by atoms with Crippen molar-refractivity contribution in [2.75, 3.05) is 4.90 Å². The van der Waals surface area contributed by atoms with E-state index < -0.39 is 5.41 Å². The van der Waals surface area contributed by atoms with Crippen LogP contribution < -0.4 is 4.90 Å². The summed E-state index contributed by atoms with van der Waals surface area (Å²) in [4.78, 5) is 2.56. The van der Waals surface area contributed by atoms with Crippen LogP contribution in [0.1, 0.15) is 66.8 Å². The lowest BCUT2D eigenvalue weighted by molar-refractivity contribution is 0.0346. The Hall–Kier alpha value is -7.94. The maximum absolute atomic E-state index is 2.60. The minimum atomic E-state index is -0.500. The van der Waals surface area contributed by atoms with Crippen LogP contribution in [0.5, 0.6) is 0 Å². The minimum Gasteiger partial charge on any atom is -0.310 e. The molecule has 15 rings (SSSR count). The average molecular weight is 925 g/mol. The van der Waals surface area contributed by atoms with Crippen LogP contribution in [0.4, 0.5) is 17.1 Å². The van der Waals surface area contributed by atoms with Crippen LogP contribution in [-0.4, -0.2) is 4.57 Å². The number of fused-ring (bicyclic) bond motifs is 9. The Labute approximate surface area is 422 Å². The second-order valence-electron chi connectivity index (χ2n) is 21.8. The van der Waals surface area contributed by atoms with E-state index in [-0.39, 0.29) is 5.41 Å². The van der Waals surface area contributed by atoms with Crippen molar-refractivity contribution in [2.24, 2.45) is 23.7 Å². The molecule has 346 valence electrons. The summed E-state index contributed by atoms with van der Waals surface area (Å²) in [5, 5.41) is 5.12. The predicted octanol–water partition coefficient (Wildman–Crippen LogP) is 18.2. The predicted molar refractivity (Wildman–Crippen MR) is 300 cm³/mol. The maximum Gasteiger partial charge on any atom is 0.0714 e. The van der Waals surface area contributed by atoms with Gasteiger partial charge in [0.15, 0.2) is 0 Å². The molecule has 4 aliphatic carbocycles. The highest BCUT2D eigenvalue weighted by atomic mass is 15.1. The summed E-state index contributed by atoms with van der Waals surface area (Å²) in [6, 6.07) is 89.4. The molecule has 2 nitrogen and oxygen atoms in total. The molecule has 4 aliphatic rings. The molecule has 2 unspecified atom stereocenters. The van der Waals surface area contributed by atoms with E-state index in [0.29, 0.717) is 0 Å². The first kappa shape index (κ1) is 41.8. The fourth-order valence-electron chi connectivity index (χ4n) is 15.4. The lowest BCUT2D eigenvalue weighted by Crippen LogP contribution is -2.49. The number of hydrogen-bond acceptors (Lipinski definition) is 1. The maximum atomic E-state index is 2.60. The number of nitrogens with zero attached hydrogens (tertiary/aromatic N) is 2. The van der Waals surface area contributed by atoms with Gasteiger partial charge in [0, 0.05) is 33.4 Å². The lowest BCUT2D eigenvalue weighted by atomic mass is 9.49. The monoisotopic (exact) mass is 924 g/mol. The molecule has 11 aromatic rings. The van der Waals surface area contributed by atoms with Gasteiger partial charge < -0.3 is 9.47 Å². The zero-order valence-electron chi connectivity index (χ0n) is 40.8. The van der Waals surface area contributed by atoms with Crippen LogP contribution in [0, 0.1) is 23.7 Å². The molecule has 72 heavy (non-hydrogen) atoms. The van der Waals surface area contributed by atoms with Crippen LogP contribution in [0.15, 0.2) is 237 Å². The molecule has 0 spiro atoms. The second-order valence-corrected chi connectivity index (χ2v) is 21.8. The van der Waals surface area contributed by atoms with E-state index in [2.05, 4.69) is 253 Å². The molecule has 10 aromatic carbocycles. The minimum absolute atomic E-state index is 0.263. The van der Waals surface area contributed by atoms with Crippen molar-refractivity contribution in [3.8, 4) is 27.9 Å². The van der Waals surface area contributed by atoms with Gasteiger partial charge in [0.2, 0.25) is 0 Å². The Morgan fingerprint density at radius 1 is 0.444 bits per heavy atom. The highest BCUT2D eigenvalue weighted by Crippen LogP contribution is 2.67. The van der Waals surface area contributed by atoms with Crippen LogP contribution in [-0.2, 0) is 10.8 Å². The molecular weight excluding hydrogens is 869 g/mol. The number of para-hydroxylation sites is 2. The first-order chi connectivity index (χ1) is 35.6. The SMILES string of the molecule is C[C@H]1CC2C[C@H]3CC(c4cccc(N(c5ccc(-c6ccccc6-n6c7ccccc7c7c8ccccc8ccc76)cc5)c5ccc6c(c5)C(c5ccccc5)(c5ccccc5)c5ccccc5-6)c4)(C1)[C@H]3C2. The van der Waals surface area contributed by atoms with Crippen LogP contribution in [0.2, 0.25) is 0 Å². The highest BCUT2D eigenvalue weighted by Gasteiger charge is 2.60. The van der Waals surface area contributed by atoms with Crippen LogP contribution >= 0.6 is 0 Å². The lowest BCUT2D eigenvalue weighted by Gasteiger charge is -2.55. The third-order valence-corrected chi connectivity index (χ3v) is 18.1. The fraction of sp³-hybridized carbons (Fsp3) is 0.171. The van der Waals surface area contributed by atoms with Gasteiger partial charge in [0.05, 0.1) is 22.1 Å². The van der Waals surface area contributed by atoms with Gasteiger partial charge in [0.1, 0.15) is 0 Å². The summed E-state index contributed by atoms with van der Waals surface area (Å²) in [6.07, 6.45) is 6.88. The second kappa shape index (κ2) is 16.0. The van der Waals surface area contributed by atoms with Gasteiger partial charge in [-0.2, -0.15) is 0 Å². The van der Waals surface area contributed by atoms with Crippen molar-refractivity contribution in [2.45, 2.75) is 49.9 Å². The van der Waals surface area contributed by atoms with Crippen molar-refractivity contribution in [3.63, 3.8) is 0 Å². The van der Waals surface area contributed by atoms with Gasteiger partial charge in [-0.3, -0.25) is 0 Å². The molecule has 0 saturated heterocycles. The summed E-state index contributed by atoms with van der Waals surface area (Å²) < 4.78 is 2.48. The third kappa shape index (κ3) is 6.02. The number of rotatable bonds is 8. The number of aromatic nitrogens is 1. The molecule has 2 heteroatoms. The van der Waals surface area contributed by atoms with E-state index in [1.807, 2.05) is 0 Å². The third-order valence-electron chi connectivity index (χ3n) is 18.1. The zero-order valence-corrected chi connectivity index (χ0v) is 40.8. The quantitative estimate of drug-likeness (QED) is 0.147. The summed E-state index contributed by atoms with van der Waals surface area (Å²) in [6.45, 7) is 2.53. The normalized spacial score (nSPS) is 21.3. The summed E-state index contributed by atoms with van der Waals surface area (Å²) in [5.41, 5.74) is 18.7. The molecule has 3 fully saturated rings. The van der Waals surface area contributed by atoms with Crippen molar-refractivity contribution in [1.29, 1.82) is 0 Å². The smallest absolute Gasteiger partial charge is 0.0714 e. The number of anilines is 3. The van der Waals surface area contributed by atoms with Gasteiger partial charge in [-0.15, -0.1) is 0 Å². The first-order valence-electron chi connectivity index (χ1n) is 26.4. The van der Waals surface area contributed by atoms with Crippen molar-refractivity contribution >= 4 is 49.6 Å². The first-order valence-corrected chi connectivity index (χ1v) is 26.4.